The number of nitrogen functional groups attached to an aromatic ring is 1. The number of aliphatic hydroxyl groups is 1. The van der Waals surface area contributed by atoms with Crippen molar-refractivity contribution in [1.82, 2.24) is 35.2 Å². The number of aromatic nitrogens is 4. The van der Waals surface area contributed by atoms with Crippen molar-refractivity contribution < 1.29 is 85.9 Å². The largest absolute Gasteiger partial charge is 0.489 e. The van der Waals surface area contributed by atoms with Crippen molar-refractivity contribution in [2.24, 2.45) is 17.5 Å². The molecule has 4 amide bonds. The van der Waals surface area contributed by atoms with Gasteiger partial charge in [0.15, 0.2) is 23.7 Å². The Bertz CT molecular complexity index is 2910. The predicted octanol–water partition coefficient (Wildman–Crippen LogP) is -0.562. The number of H-pyrrole nitrogens is 1. The Morgan fingerprint density at radius 1 is 0.742 bits per heavy atom. The molecule has 31 nitrogen and oxygen atoms in total. The molecule has 0 radical (unpaired) electrons. The number of allylic oxidation sites excluding steroid dienone is 1. The number of carbonyl (C=O) groups excluding carboxylic acids is 4. The van der Waals surface area contributed by atoms with Crippen LogP contribution in [0.25, 0.3) is 11.2 Å². The van der Waals surface area contributed by atoms with Crippen molar-refractivity contribution in [2.75, 3.05) is 143 Å². The van der Waals surface area contributed by atoms with Crippen LogP contribution in [0.3, 0.4) is 0 Å². The molecule has 0 aliphatic carbocycles. The molecule has 4 heterocycles. The number of anilines is 2. The summed E-state index contributed by atoms with van der Waals surface area (Å²) in [5.41, 5.74) is 14.2. The summed E-state index contributed by atoms with van der Waals surface area (Å²) in [6.45, 7) is 12.6. The number of carbonyl (C=O) groups is 4. The van der Waals surface area contributed by atoms with E-state index in [1.165, 1.54) is 15.2 Å². The molecular weight excluding hydrogens is 1170 g/mol. The molecular formula is C58H87N11O20. The predicted molar refractivity (Wildman–Crippen MR) is 320 cm³/mol. The average molecular weight is 1260 g/mol. The van der Waals surface area contributed by atoms with Crippen LogP contribution in [0.15, 0.2) is 70.8 Å². The molecule has 31 heteroatoms. The minimum atomic E-state index is -1.14. The molecule has 2 aromatic heterocycles. The first kappa shape index (κ1) is 71.3. The number of fused-ring (bicyclic) bond motifs is 2. The molecule has 1 unspecified atom stereocenters. The van der Waals surface area contributed by atoms with Gasteiger partial charge in [-0.3, -0.25) is 38.9 Å². The summed E-state index contributed by atoms with van der Waals surface area (Å²) in [7, 11) is 0. The van der Waals surface area contributed by atoms with E-state index in [0.29, 0.717) is 129 Å². The highest BCUT2D eigenvalue weighted by atomic mass is 16.8. The van der Waals surface area contributed by atoms with Crippen molar-refractivity contribution in [1.29, 1.82) is 0 Å². The van der Waals surface area contributed by atoms with Gasteiger partial charge in [-0.2, -0.15) is 4.98 Å². The quantitative estimate of drug-likeness (QED) is 0.00880. The summed E-state index contributed by atoms with van der Waals surface area (Å²) in [4.78, 5) is 84.7. The molecule has 7 atom stereocenters. The lowest BCUT2D eigenvalue weighted by atomic mass is 10.0. The fourth-order valence-corrected chi connectivity index (χ4v) is 9.21. The minimum Gasteiger partial charge on any atom is -0.489 e. The molecule has 2 aromatic carbocycles. The van der Waals surface area contributed by atoms with Gasteiger partial charge in [0.1, 0.15) is 56.0 Å². The third-order valence-electron chi connectivity index (χ3n) is 13.6. The van der Waals surface area contributed by atoms with Gasteiger partial charge in [0.2, 0.25) is 23.7 Å². The van der Waals surface area contributed by atoms with Crippen LogP contribution in [0.2, 0.25) is 0 Å². The normalized spacial score (nSPS) is 17.8. The zero-order valence-corrected chi connectivity index (χ0v) is 50.5. The first-order valence-electron chi connectivity index (χ1n) is 29.6. The van der Waals surface area contributed by atoms with E-state index in [0.717, 1.165) is 5.56 Å². The highest BCUT2D eigenvalue weighted by Gasteiger charge is 2.54. The molecule has 4 aromatic rings. The zero-order valence-electron chi connectivity index (χ0n) is 50.5. The highest BCUT2D eigenvalue weighted by molar-refractivity contribution is 5.98. The second-order valence-corrected chi connectivity index (χ2v) is 20.6. The van der Waals surface area contributed by atoms with Crippen molar-refractivity contribution in [3.05, 3.63) is 93.2 Å². The van der Waals surface area contributed by atoms with Gasteiger partial charge in [0.25, 0.3) is 11.5 Å². The first-order valence-corrected chi connectivity index (χ1v) is 29.6. The van der Waals surface area contributed by atoms with Crippen molar-refractivity contribution in [2.45, 2.75) is 89.2 Å². The third kappa shape index (κ3) is 23.2. The third-order valence-corrected chi connectivity index (χ3v) is 13.6. The second-order valence-electron chi connectivity index (χ2n) is 20.6. The van der Waals surface area contributed by atoms with Gasteiger partial charge in [0, 0.05) is 17.8 Å². The first-order chi connectivity index (χ1) is 43.3. The fraction of sp³-hybridized carbons (Fsp3) is 0.603. The van der Waals surface area contributed by atoms with Crippen LogP contribution in [0.1, 0.15) is 56.8 Å². The van der Waals surface area contributed by atoms with E-state index in [-0.39, 0.29) is 69.2 Å². The molecule has 2 saturated heterocycles. The van der Waals surface area contributed by atoms with E-state index in [2.05, 4.69) is 32.5 Å². The van der Waals surface area contributed by atoms with Crippen molar-refractivity contribution in [3.8, 4) is 5.75 Å². The van der Waals surface area contributed by atoms with Crippen molar-refractivity contribution >= 4 is 46.4 Å². The molecule has 0 spiro atoms. The summed E-state index contributed by atoms with van der Waals surface area (Å²) >= 11 is 0. The van der Waals surface area contributed by atoms with Gasteiger partial charge >= 0.3 is 5.69 Å². The Morgan fingerprint density at radius 2 is 1.30 bits per heavy atom. The summed E-state index contributed by atoms with van der Waals surface area (Å²) in [6, 6.07) is 12.2. The summed E-state index contributed by atoms with van der Waals surface area (Å²) < 4.78 is 76.1. The van der Waals surface area contributed by atoms with Crippen LogP contribution in [-0.4, -0.2) is 210 Å². The molecule has 6 rings (SSSR count). The lowest BCUT2D eigenvalue weighted by Gasteiger charge is -2.25. The van der Waals surface area contributed by atoms with Crippen molar-refractivity contribution in [3.63, 3.8) is 0 Å². The molecule has 89 heavy (non-hydrogen) atoms. The number of hydrogen-bond acceptors (Lipinski definition) is 24. The lowest BCUT2D eigenvalue weighted by Crippen LogP contribution is -2.55. The molecule has 0 saturated carbocycles. The van der Waals surface area contributed by atoms with Gasteiger partial charge in [-0.05, 0) is 61.6 Å². The van der Waals surface area contributed by atoms with Gasteiger partial charge in [-0.15, -0.1) is 6.58 Å². The smallest absolute Gasteiger partial charge is 0.333 e. The van der Waals surface area contributed by atoms with Crippen LogP contribution in [-0.2, 0) is 89.2 Å². The van der Waals surface area contributed by atoms with Gasteiger partial charge in [-0.25, -0.2) is 15.2 Å². The molecule has 2 aliphatic rings. The minimum absolute atomic E-state index is 0.00607. The molecule has 2 fully saturated rings. The van der Waals surface area contributed by atoms with E-state index < -0.39 is 84.4 Å². The number of unbranched alkanes of at least 4 members (excludes halogenated alkanes) is 1. The van der Waals surface area contributed by atoms with Crippen LogP contribution in [0, 0.1) is 5.92 Å². The van der Waals surface area contributed by atoms with E-state index in [1.807, 2.05) is 5.43 Å². The summed E-state index contributed by atoms with van der Waals surface area (Å²) in [6.07, 6.45) is -1.71. The number of benzene rings is 2. The average Bonchev–Trinajstić information content (AvgIpc) is 1.59. The maximum absolute atomic E-state index is 13.8. The van der Waals surface area contributed by atoms with Gasteiger partial charge in [-0.1, -0.05) is 44.2 Å². The molecule has 2 aliphatic heterocycles. The van der Waals surface area contributed by atoms with Crippen LogP contribution in [0.4, 0.5) is 11.6 Å². The summed E-state index contributed by atoms with van der Waals surface area (Å²) in [5, 5.41) is 18.7. The number of nitrogens with two attached hydrogens (primary N) is 3. The number of hydrogen-bond donors (Lipinski definition) is 9. The number of aliphatic hydroxyl groups excluding tert-OH is 1. The topological polar surface area (TPSA) is 407 Å². The fourth-order valence-electron chi connectivity index (χ4n) is 9.21. The number of imidazole rings is 1. The second kappa shape index (κ2) is 39.4. The lowest BCUT2D eigenvalue weighted by molar-refractivity contribution is -0.154. The van der Waals surface area contributed by atoms with E-state index in [9.17, 15) is 33.9 Å². The van der Waals surface area contributed by atoms with E-state index in [1.54, 1.807) is 62.4 Å². The zero-order chi connectivity index (χ0) is 63.8. The maximum atomic E-state index is 13.8. The molecule has 494 valence electrons. The number of nitrogens with one attached hydrogen (secondary N) is 5. The number of hydrazine groups is 1. The Hall–Kier alpha value is -6.79. The Balaban J connectivity index is 0.831. The number of nitrogens with zero attached hydrogens (tertiary/aromatic N) is 3. The Morgan fingerprint density at radius 3 is 1.84 bits per heavy atom. The monoisotopic (exact) mass is 1260 g/mol. The SMILES string of the molecule is C=CCn1c(=O)n([C@@H]2O[C@H](CO)[C@H]3OC(c4cccc(OCc5ccc(NC(=O)[C@H](CCCCN)NC(=O)[C@@H](NC(=O)COCCOCCOCCOCCOCCOCCOCCOCCOCC(=O)NN)C(C)C)cc5)c4)O[C@H]32)c2nc(N)[nH]c(=O)c21. The summed E-state index contributed by atoms with van der Waals surface area (Å²) in [5.74, 6) is 3.03. The Kier molecular flexibility index (Phi) is 31.5. The molecule has 0 bridgehead atoms. The van der Waals surface area contributed by atoms with Gasteiger partial charge < -0.3 is 94.1 Å². The standard InChI is InChI=1S/C58H87N11O20/c1-4-16-68-48-51(65-57(60)66-54(48)75)69(58(68)76)55-50-49(44(34-70)87-55)88-56(89-50)40-8-7-9-42(33-40)86-35-39-11-13-41(14-12-39)62-52(73)43(10-5-6-15-59)63-53(74)47(38(2)3)64-45(71)36-84-31-29-82-27-25-80-23-21-78-19-17-77-18-20-79-22-24-81-26-28-83-30-32-85-37-46(72)67-61/h4,7-9,11-14,33,38,43-44,47,49-50,55-56,70H,1,5-6,10,15-32,34-37,59,61H2,2-3H3,(H,62,73)(H,63,74)(H,64,71)(H,67,72)(H3,60,65,66,75)/t43-,44+,47-,49+,50+,55+,56?/m0/s1. The van der Waals surface area contributed by atoms with E-state index in [4.69, 9.17) is 78.9 Å². The number of ether oxygens (including phenoxy) is 13. The van der Waals surface area contributed by atoms with Crippen LogP contribution in [0.5, 0.6) is 5.75 Å². The van der Waals surface area contributed by atoms with Crippen LogP contribution >= 0.6 is 0 Å². The van der Waals surface area contributed by atoms with Gasteiger partial charge in [0.05, 0.1) is 112 Å². The number of aromatic amines is 1. The van der Waals surface area contributed by atoms with E-state index >= 15 is 0 Å². The number of amides is 4. The number of rotatable bonds is 46. The Labute approximate surface area is 514 Å². The highest BCUT2D eigenvalue weighted by Crippen LogP contribution is 2.44. The van der Waals surface area contributed by atoms with Crippen LogP contribution < -0.4 is 54.7 Å². The maximum Gasteiger partial charge on any atom is 0.333 e. The molecule has 12 N–H and O–H groups in total.